The number of amides is 2. The molecule has 0 fully saturated rings. The van der Waals surface area contributed by atoms with E-state index in [1.54, 1.807) is 41.2 Å². The number of thioether (sulfide) groups is 1. The van der Waals surface area contributed by atoms with Crippen molar-refractivity contribution in [1.29, 1.82) is 0 Å². The minimum absolute atomic E-state index is 0.0200. The van der Waals surface area contributed by atoms with Gasteiger partial charge in [-0.15, -0.1) is 11.8 Å². The van der Waals surface area contributed by atoms with Gasteiger partial charge in [-0.1, -0.05) is 29.8 Å². The van der Waals surface area contributed by atoms with Crippen LogP contribution >= 0.6 is 11.8 Å². The van der Waals surface area contributed by atoms with E-state index in [-0.39, 0.29) is 11.8 Å². The molecule has 0 aliphatic carbocycles. The van der Waals surface area contributed by atoms with Crippen LogP contribution in [0.25, 0.3) is 0 Å². The first kappa shape index (κ1) is 20.2. The average molecular weight is 418 g/mol. The molecule has 0 radical (unpaired) electrons. The summed E-state index contributed by atoms with van der Waals surface area (Å²) in [6.45, 7) is 2.70. The quantitative estimate of drug-likeness (QED) is 0.643. The summed E-state index contributed by atoms with van der Waals surface area (Å²) in [6.07, 6.45) is 4.01. The molecule has 1 N–H and O–H groups in total. The van der Waals surface area contributed by atoms with Crippen LogP contribution in [0.4, 0.5) is 11.4 Å². The number of carbonyl (C=O) groups excluding carboxylic acids is 2. The number of aromatic nitrogens is 1. The molecule has 4 rings (SSSR count). The van der Waals surface area contributed by atoms with Crippen molar-refractivity contribution >= 4 is 35.0 Å². The molecular formula is C24H23N3O2S. The number of nitrogens with one attached hydrogen (secondary N) is 1. The molecule has 30 heavy (non-hydrogen) atoms. The van der Waals surface area contributed by atoms with E-state index in [4.69, 9.17) is 0 Å². The van der Waals surface area contributed by atoms with Gasteiger partial charge in [-0.05, 0) is 54.8 Å². The van der Waals surface area contributed by atoms with Crippen molar-refractivity contribution < 1.29 is 9.59 Å². The predicted molar refractivity (Wildman–Crippen MR) is 122 cm³/mol. The molecule has 0 bridgehead atoms. The number of rotatable bonds is 6. The third kappa shape index (κ3) is 4.71. The zero-order chi connectivity index (χ0) is 20.9. The average Bonchev–Trinajstić information content (AvgIpc) is 3.18. The van der Waals surface area contributed by atoms with Crippen LogP contribution in [-0.4, -0.2) is 29.1 Å². The third-order valence-corrected chi connectivity index (χ3v) is 6.04. The molecule has 1 aromatic heterocycles. The largest absolute Gasteiger partial charge is 0.325 e. The lowest BCUT2D eigenvalue weighted by atomic mass is 10.1. The van der Waals surface area contributed by atoms with Crippen molar-refractivity contribution in [2.45, 2.75) is 19.1 Å². The monoisotopic (exact) mass is 417 g/mol. The Bertz CT molecular complexity index is 1050. The molecular weight excluding hydrogens is 394 g/mol. The highest BCUT2D eigenvalue weighted by molar-refractivity contribution is 7.99. The Morgan fingerprint density at radius 3 is 2.73 bits per heavy atom. The highest BCUT2D eigenvalue weighted by Crippen LogP contribution is 2.31. The van der Waals surface area contributed by atoms with Gasteiger partial charge in [0.25, 0.3) is 5.91 Å². The van der Waals surface area contributed by atoms with Crippen LogP contribution in [0.2, 0.25) is 0 Å². The summed E-state index contributed by atoms with van der Waals surface area (Å²) >= 11 is 1.60. The van der Waals surface area contributed by atoms with E-state index in [9.17, 15) is 9.59 Å². The molecule has 1 aliphatic rings. The molecule has 0 unspecified atom stereocenters. The van der Waals surface area contributed by atoms with E-state index in [1.807, 2.05) is 18.2 Å². The number of fused-ring (bicyclic) bond motifs is 1. The number of hydrogen-bond acceptors (Lipinski definition) is 4. The zero-order valence-electron chi connectivity index (χ0n) is 16.8. The number of benzene rings is 2. The molecule has 2 amide bonds. The molecule has 5 nitrogen and oxygen atoms in total. The Morgan fingerprint density at radius 1 is 1.13 bits per heavy atom. The first-order valence-corrected chi connectivity index (χ1v) is 11.0. The van der Waals surface area contributed by atoms with Crippen molar-refractivity contribution in [1.82, 2.24) is 4.98 Å². The van der Waals surface area contributed by atoms with E-state index in [0.717, 1.165) is 29.1 Å². The van der Waals surface area contributed by atoms with Gasteiger partial charge in [-0.3, -0.25) is 14.6 Å². The molecule has 2 heterocycles. The van der Waals surface area contributed by atoms with Gasteiger partial charge in [0.1, 0.15) is 0 Å². The topological polar surface area (TPSA) is 62.3 Å². The maximum atomic E-state index is 12.7. The first-order valence-electron chi connectivity index (χ1n) is 9.88. The smallest absolute Gasteiger partial charge is 0.259 e. The highest BCUT2D eigenvalue weighted by atomic mass is 32.2. The van der Waals surface area contributed by atoms with Crippen LogP contribution in [0, 0.1) is 6.92 Å². The fourth-order valence-corrected chi connectivity index (χ4v) is 4.27. The Balaban J connectivity index is 1.33. The van der Waals surface area contributed by atoms with Crippen molar-refractivity contribution in [3.63, 3.8) is 0 Å². The second-order valence-corrected chi connectivity index (χ2v) is 8.30. The summed E-state index contributed by atoms with van der Waals surface area (Å²) in [5.74, 6) is 1.14. The van der Waals surface area contributed by atoms with Gasteiger partial charge in [0.2, 0.25) is 5.91 Å². The lowest BCUT2D eigenvalue weighted by Gasteiger charge is -2.17. The Hall–Kier alpha value is -3.12. The molecule has 152 valence electrons. The number of nitrogens with zero attached hydrogens (tertiary/aromatic N) is 2. The maximum Gasteiger partial charge on any atom is 0.259 e. The van der Waals surface area contributed by atoms with Gasteiger partial charge in [0.15, 0.2) is 0 Å². The van der Waals surface area contributed by atoms with E-state index in [0.29, 0.717) is 17.9 Å². The predicted octanol–water partition coefficient (Wildman–Crippen LogP) is 4.46. The summed E-state index contributed by atoms with van der Waals surface area (Å²) in [5, 5.41) is 2.97. The molecule has 0 atom stereocenters. The zero-order valence-corrected chi connectivity index (χ0v) is 17.6. The van der Waals surface area contributed by atoms with E-state index < -0.39 is 0 Å². The van der Waals surface area contributed by atoms with Gasteiger partial charge >= 0.3 is 0 Å². The fourth-order valence-electron chi connectivity index (χ4n) is 3.48. The number of anilines is 2. The minimum atomic E-state index is -0.0499. The van der Waals surface area contributed by atoms with Gasteiger partial charge in [-0.2, -0.15) is 0 Å². The number of carbonyl (C=O) groups is 2. The number of aryl methyl sites for hydroxylation is 1. The lowest BCUT2D eigenvalue weighted by Crippen LogP contribution is -2.28. The third-order valence-electron chi connectivity index (χ3n) is 5.03. The van der Waals surface area contributed by atoms with Crippen LogP contribution in [-0.2, 0) is 17.0 Å². The maximum absolute atomic E-state index is 12.7. The van der Waals surface area contributed by atoms with Gasteiger partial charge in [0, 0.05) is 36.1 Å². The SMILES string of the molecule is Cc1ccc(CSCC(=O)Nc2ccc3c(c2)CCN3C(=O)c2cccnc2)cc1. The first-order chi connectivity index (χ1) is 14.6. The van der Waals surface area contributed by atoms with Gasteiger partial charge < -0.3 is 10.2 Å². The Kier molecular flexibility index (Phi) is 6.14. The summed E-state index contributed by atoms with van der Waals surface area (Å²) in [4.78, 5) is 30.9. The molecule has 0 saturated heterocycles. The van der Waals surface area contributed by atoms with Gasteiger partial charge in [0.05, 0.1) is 11.3 Å². The summed E-state index contributed by atoms with van der Waals surface area (Å²) in [7, 11) is 0. The van der Waals surface area contributed by atoms with E-state index in [1.165, 1.54) is 11.1 Å². The summed E-state index contributed by atoms with van der Waals surface area (Å²) in [6, 6.07) is 17.6. The van der Waals surface area contributed by atoms with Crippen molar-refractivity contribution in [3.05, 3.63) is 89.2 Å². The van der Waals surface area contributed by atoms with Crippen LogP contribution in [0.5, 0.6) is 0 Å². The van der Waals surface area contributed by atoms with Gasteiger partial charge in [-0.25, -0.2) is 0 Å². The van der Waals surface area contributed by atoms with Crippen molar-refractivity contribution in [3.8, 4) is 0 Å². The second kappa shape index (κ2) is 9.13. The second-order valence-electron chi connectivity index (χ2n) is 7.32. The summed E-state index contributed by atoms with van der Waals surface area (Å²) < 4.78 is 0. The molecule has 2 aromatic carbocycles. The molecule has 6 heteroatoms. The van der Waals surface area contributed by atoms with Crippen LogP contribution < -0.4 is 10.2 Å². The van der Waals surface area contributed by atoms with E-state index in [2.05, 4.69) is 41.5 Å². The van der Waals surface area contributed by atoms with E-state index >= 15 is 0 Å². The normalized spacial score (nSPS) is 12.5. The van der Waals surface area contributed by atoms with Crippen LogP contribution in [0.15, 0.2) is 67.0 Å². The standard InChI is InChI=1S/C24H23N3O2S/c1-17-4-6-18(7-5-17)15-30-16-23(28)26-21-8-9-22-19(13-21)10-12-27(22)24(29)20-3-2-11-25-14-20/h2-9,11,13-14H,10,12,15-16H2,1H3,(H,26,28). The molecule has 0 spiro atoms. The lowest BCUT2D eigenvalue weighted by molar-refractivity contribution is -0.113. The fraction of sp³-hybridized carbons (Fsp3) is 0.208. The van der Waals surface area contributed by atoms with Crippen LogP contribution in [0.3, 0.4) is 0 Å². The van der Waals surface area contributed by atoms with Crippen LogP contribution in [0.1, 0.15) is 27.0 Å². The van der Waals surface area contributed by atoms with Crippen molar-refractivity contribution in [2.24, 2.45) is 0 Å². The molecule has 0 saturated carbocycles. The highest BCUT2D eigenvalue weighted by Gasteiger charge is 2.26. The Morgan fingerprint density at radius 2 is 1.97 bits per heavy atom. The Labute approximate surface area is 180 Å². The van der Waals surface area contributed by atoms with Crippen molar-refractivity contribution in [2.75, 3.05) is 22.5 Å². The number of hydrogen-bond donors (Lipinski definition) is 1. The molecule has 3 aromatic rings. The number of pyridine rings is 1. The summed E-state index contributed by atoms with van der Waals surface area (Å²) in [5.41, 5.74) is 5.76. The minimum Gasteiger partial charge on any atom is -0.325 e. The molecule has 1 aliphatic heterocycles.